The van der Waals surface area contributed by atoms with E-state index in [4.69, 9.17) is 18.9 Å². The number of benzene rings is 2. The lowest BCUT2D eigenvalue weighted by Crippen LogP contribution is -2.16. The fourth-order valence-electron chi connectivity index (χ4n) is 5.41. The summed E-state index contributed by atoms with van der Waals surface area (Å²) >= 11 is 0. The van der Waals surface area contributed by atoms with Crippen LogP contribution in [0.3, 0.4) is 0 Å². The van der Waals surface area contributed by atoms with Gasteiger partial charge in [0.25, 0.3) is 0 Å². The molecule has 0 amide bonds. The van der Waals surface area contributed by atoms with E-state index in [2.05, 4.69) is 45.2 Å². The smallest absolute Gasteiger partial charge is 0.333 e. The summed E-state index contributed by atoms with van der Waals surface area (Å²) in [4.78, 5) is 23.5. The number of fused-ring (bicyclic) bond motifs is 6. The molecule has 1 fully saturated rings. The number of ether oxygens (including phenoxy) is 4. The predicted molar refractivity (Wildman–Crippen MR) is 135 cm³/mol. The molecule has 0 saturated heterocycles. The fourth-order valence-corrected chi connectivity index (χ4v) is 5.41. The molecular weight excluding hydrogens is 444 g/mol. The molecule has 2 aliphatic carbocycles. The minimum absolute atomic E-state index is 0.157. The minimum Gasteiger partial charge on any atom is -0.489 e. The van der Waals surface area contributed by atoms with Crippen molar-refractivity contribution in [3.05, 3.63) is 59.2 Å². The Hall–Kier alpha value is -3.28. The zero-order valence-corrected chi connectivity index (χ0v) is 21.1. The van der Waals surface area contributed by atoms with E-state index in [-0.39, 0.29) is 26.4 Å². The van der Waals surface area contributed by atoms with E-state index in [1.165, 1.54) is 11.1 Å². The number of aryl methyl sites for hydroxylation is 1. The van der Waals surface area contributed by atoms with Gasteiger partial charge in [-0.2, -0.15) is 0 Å². The van der Waals surface area contributed by atoms with Crippen molar-refractivity contribution in [2.24, 2.45) is 5.92 Å². The standard InChI is InChI=1S/C29H34O6/c1-16(2)28(30)34-13-11-32-26-22-8-7-18(5)15-23(22)27(33-12-14-35-29(31)17(3)4)25-21-10-9-20(19(21)6)24(25)26/h7-8,15,19-21H,1,3,9-14H2,2,4-6H3. The highest BCUT2D eigenvalue weighted by Gasteiger charge is 2.47. The molecule has 1 saturated carbocycles. The van der Waals surface area contributed by atoms with Crippen molar-refractivity contribution in [1.29, 1.82) is 0 Å². The quantitative estimate of drug-likeness (QED) is 0.246. The molecule has 2 aromatic carbocycles. The summed E-state index contributed by atoms with van der Waals surface area (Å²) in [7, 11) is 0. The Morgan fingerprint density at radius 2 is 1.31 bits per heavy atom. The Bertz CT molecular complexity index is 1190. The lowest BCUT2D eigenvalue weighted by atomic mass is 9.87. The van der Waals surface area contributed by atoms with Gasteiger partial charge in [0, 0.05) is 33.0 Å². The molecule has 6 heteroatoms. The topological polar surface area (TPSA) is 71.1 Å². The van der Waals surface area contributed by atoms with Crippen molar-refractivity contribution in [2.75, 3.05) is 26.4 Å². The summed E-state index contributed by atoms with van der Waals surface area (Å²) in [6, 6.07) is 6.26. The van der Waals surface area contributed by atoms with Crippen LogP contribution in [0.25, 0.3) is 10.8 Å². The van der Waals surface area contributed by atoms with E-state index >= 15 is 0 Å². The van der Waals surface area contributed by atoms with Gasteiger partial charge in [-0.05, 0) is 57.4 Å². The highest BCUT2D eigenvalue weighted by molar-refractivity contribution is 5.97. The summed E-state index contributed by atoms with van der Waals surface area (Å²) in [6.07, 6.45) is 2.24. The van der Waals surface area contributed by atoms with Crippen molar-refractivity contribution < 1.29 is 28.5 Å². The molecule has 0 heterocycles. The van der Waals surface area contributed by atoms with Gasteiger partial charge in [0.05, 0.1) is 0 Å². The normalized spacial score (nSPS) is 19.8. The molecule has 2 aromatic rings. The molecule has 2 aliphatic rings. The van der Waals surface area contributed by atoms with Crippen molar-refractivity contribution >= 4 is 22.7 Å². The largest absolute Gasteiger partial charge is 0.489 e. The average Bonchev–Trinajstić information content (AvgIpc) is 3.32. The molecule has 4 rings (SSSR count). The first-order valence-corrected chi connectivity index (χ1v) is 12.2. The predicted octanol–water partition coefficient (Wildman–Crippen LogP) is 5.76. The van der Waals surface area contributed by atoms with Crippen LogP contribution in [0.15, 0.2) is 42.5 Å². The Labute approximate surface area is 206 Å². The van der Waals surface area contributed by atoms with Gasteiger partial charge in [0.1, 0.15) is 37.9 Å². The summed E-state index contributed by atoms with van der Waals surface area (Å²) in [5.74, 6) is 2.20. The van der Waals surface area contributed by atoms with Crippen LogP contribution in [0.4, 0.5) is 0 Å². The van der Waals surface area contributed by atoms with Gasteiger partial charge in [-0.1, -0.05) is 37.8 Å². The van der Waals surface area contributed by atoms with Gasteiger partial charge < -0.3 is 18.9 Å². The second kappa shape index (κ2) is 10.1. The molecule has 186 valence electrons. The molecule has 0 radical (unpaired) electrons. The monoisotopic (exact) mass is 478 g/mol. The first-order chi connectivity index (χ1) is 16.7. The minimum atomic E-state index is -0.414. The molecule has 6 nitrogen and oxygen atoms in total. The van der Waals surface area contributed by atoms with Crippen LogP contribution >= 0.6 is 0 Å². The number of hydrogen-bond donors (Lipinski definition) is 0. The number of rotatable bonds is 10. The molecule has 0 aliphatic heterocycles. The highest BCUT2D eigenvalue weighted by Crippen LogP contribution is 2.63. The van der Waals surface area contributed by atoms with E-state index in [9.17, 15) is 9.59 Å². The first-order valence-electron chi connectivity index (χ1n) is 12.2. The Kier molecular flexibility index (Phi) is 7.20. The van der Waals surface area contributed by atoms with E-state index in [0.29, 0.717) is 28.9 Å². The van der Waals surface area contributed by atoms with Gasteiger partial charge in [-0.15, -0.1) is 0 Å². The second-order valence-corrected chi connectivity index (χ2v) is 9.71. The van der Waals surface area contributed by atoms with Crippen LogP contribution in [0.1, 0.15) is 62.1 Å². The third-order valence-corrected chi connectivity index (χ3v) is 7.07. The van der Waals surface area contributed by atoms with Crippen molar-refractivity contribution in [1.82, 2.24) is 0 Å². The molecule has 0 aromatic heterocycles. The van der Waals surface area contributed by atoms with Gasteiger partial charge in [0.2, 0.25) is 0 Å². The van der Waals surface area contributed by atoms with E-state index in [1.807, 2.05) is 0 Å². The van der Waals surface area contributed by atoms with Crippen LogP contribution in [0, 0.1) is 12.8 Å². The molecule has 0 N–H and O–H groups in total. The number of esters is 2. The first kappa shape index (κ1) is 24.8. The van der Waals surface area contributed by atoms with Crippen molar-refractivity contribution in [3.63, 3.8) is 0 Å². The Balaban J connectivity index is 1.67. The summed E-state index contributed by atoms with van der Waals surface area (Å²) in [5.41, 5.74) is 4.28. The Morgan fingerprint density at radius 3 is 1.80 bits per heavy atom. The highest BCUT2D eigenvalue weighted by atomic mass is 16.6. The van der Waals surface area contributed by atoms with Gasteiger partial charge in [0.15, 0.2) is 0 Å². The van der Waals surface area contributed by atoms with Crippen LogP contribution in [0.5, 0.6) is 11.5 Å². The maximum absolute atomic E-state index is 11.8. The SMILES string of the molecule is C=C(C)C(=O)OCCOc1c2c(c(OCCOC(=O)C(=C)C)c3cc(C)ccc13)C1CCC2C1C. The van der Waals surface area contributed by atoms with Crippen LogP contribution < -0.4 is 9.47 Å². The van der Waals surface area contributed by atoms with Gasteiger partial charge in [-0.3, -0.25) is 0 Å². The van der Waals surface area contributed by atoms with Gasteiger partial charge >= 0.3 is 11.9 Å². The van der Waals surface area contributed by atoms with Crippen LogP contribution in [0.2, 0.25) is 0 Å². The van der Waals surface area contributed by atoms with E-state index < -0.39 is 11.9 Å². The summed E-state index contributed by atoms with van der Waals surface area (Å²) in [5, 5.41) is 1.97. The maximum atomic E-state index is 11.8. The zero-order valence-electron chi connectivity index (χ0n) is 21.1. The third-order valence-electron chi connectivity index (χ3n) is 7.07. The molecule has 0 spiro atoms. The van der Waals surface area contributed by atoms with Crippen molar-refractivity contribution in [2.45, 2.75) is 52.4 Å². The zero-order chi connectivity index (χ0) is 25.3. The van der Waals surface area contributed by atoms with Gasteiger partial charge in [-0.25, -0.2) is 9.59 Å². The van der Waals surface area contributed by atoms with Crippen LogP contribution in [-0.2, 0) is 19.1 Å². The fraction of sp³-hybridized carbons (Fsp3) is 0.448. The van der Waals surface area contributed by atoms with E-state index in [0.717, 1.165) is 40.7 Å². The lowest BCUT2D eigenvalue weighted by Gasteiger charge is -2.25. The number of hydrogen-bond acceptors (Lipinski definition) is 6. The molecule has 3 unspecified atom stereocenters. The molecular formula is C29H34O6. The molecule has 3 atom stereocenters. The average molecular weight is 479 g/mol. The molecule has 2 bridgehead atoms. The molecule has 35 heavy (non-hydrogen) atoms. The second-order valence-electron chi connectivity index (χ2n) is 9.71. The van der Waals surface area contributed by atoms with Crippen LogP contribution in [-0.4, -0.2) is 38.4 Å². The summed E-state index contributed by atoms with van der Waals surface area (Å²) in [6.45, 7) is 15.7. The number of carbonyl (C=O) groups excluding carboxylic acids is 2. The van der Waals surface area contributed by atoms with Crippen molar-refractivity contribution in [3.8, 4) is 11.5 Å². The Morgan fingerprint density at radius 1 is 0.829 bits per heavy atom. The maximum Gasteiger partial charge on any atom is 0.333 e. The summed E-state index contributed by atoms with van der Waals surface area (Å²) < 4.78 is 23.2. The lowest BCUT2D eigenvalue weighted by molar-refractivity contribution is -0.140. The number of carbonyl (C=O) groups is 2. The van der Waals surface area contributed by atoms with E-state index in [1.54, 1.807) is 13.8 Å². The third kappa shape index (κ3) is 4.79.